The van der Waals surface area contributed by atoms with Crippen LogP contribution in [0.2, 0.25) is 0 Å². The zero-order chi connectivity index (χ0) is 32.9. The van der Waals surface area contributed by atoms with Crippen molar-refractivity contribution in [3.05, 3.63) is 35.9 Å². The van der Waals surface area contributed by atoms with E-state index < -0.39 is 97.6 Å². The molecule has 0 fully saturated rings. The molecule has 16 heteroatoms. The lowest BCUT2D eigenvalue weighted by molar-refractivity contribution is -0.212. The number of hydrogen-bond acceptors (Lipinski definition) is 7. The summed E-state index contributed by atoms with van der Waals surface area (Å²) in [6.07, 6.45) is -10.5. The van der Waals surface area contributed by atoms with Gasteiger partial charge in [0.05, 0.1) is 6.04 Å². The molecule has 0 aliphatic rings. The third kappa shape index (κ3) is 13.5. The van der Waals surface area contributed by atoms with Crippen molar-refractivity contribution in [1.82, 2.24) is 21.3 Å². The highest BCUT2D eigenvalue weighted by molar-refractivity contribution is 5.94. The Kier molecular flexibility index (Phi) is 14.6. The molecule has 2 unspecified atom stereocenters. The van der Waals surface area contributed by atoms with Gasteiger partial charge in [-0.2, -0.15) is 13.2 Å². The summed E-state index contributed by atoms with van der Waals surface area (Å²) in [5.74, 6) is -5.58. The summed E-state index contributed by atoms with van der Waals surface area (Å²) in [5, 5.41) is 19.1. The van der Waals surface area contributed by atoms with Gasteiger partial charge in [-0.1, -0.05) is 44.2 Å². The van der Waals surface area contributed by atoms with E-state index in [2.05, 4.69) is 16.0 Å². The normalized spacial score (nSPS) is 14.9. The molecular formula is C27H39F3N6O7. The van der Waals surface area contributed by atoms with Gasteiger partial charge in [-0.3, -0.25) is 28.8 Å². The van der Waals surface area contributed by atoms with Crippen molar-refractivity contribution in [3.8, 4) is 0 Å². The molecule has 0 radical (unpaired) electrons. The molecule has 1 aromatic carbocycles. The summed E-state index contributed by atoms with van der Waals surface area (Å²) in [6.45, 7) is 4.55. The zero-order valence-electron chi connectivity index (χ0n) is 24.1. The van der Waals surface area contributed by atoms with Crippen LogP contribution in [0.5, 0.6) is 0 Å². The first kappa shape index (κ1) is 36.8. The molecule has 9 N–H and O–H groups in total. The number of nitrogens with two attached hydrogens (primary N) is 2. The Hall–Kier alpha value is -4.21. The Balaban J connectivity index is 3.31. The molecule has 5 atom stereocenters. The Bertz CT molecular complexity index is 1130. The van der Waals surface area contributed by atoms with E-state index in [1.807, 2.05) is 5.32 Å². The van der Waals surface area contributed by atoms with Crippen LogP contribution in [0.25, 0.3) is 0 Å². The van der Waals surface area contributed by atoms with Gasteiger partial charge >= 0.3 is 6.18 Å². The van der Waals surface area contributed by atoms with E-state index in [0.29, 0.717) is 5.56 Å². The average Bonchev–Trinajstić information content (AvgIpc) is 2.90. The molecule has 6 amide bonds. The van der Waals surface area contributed by atoms with Crippen molar-refractivity contribution >= 4 is 35.4 Å². The van der Waals surface area contributed by atoms with Gasteiger partial charge in [0.2, 0.25) is 35.4 Å². The molecule has 0 aliphatic heterocycles. The van der Waals surface area contributed by atoms with Crippen LogP contribution in [0, 0.1) is 5.92 Å². The fourth-order valence-electron chi connectivity index (χ4n) is 4.02. The number of aliphatic hydroxyl groups excluding tert-OH is 1. The first-order valence-corrected chi connectivity index (χ1v) is 13.5. The number of hydrogen-bond donors (Lipinski definition) is 7. The highest BCUT2D eigenvalue weighted by Gasteiger charge is 2.44. The van der Waals surface area contributed by atoms with Crippen LogP contribution in [0.15, 0.2) is 30.3 Å². The lowest BCUT2D eigenvalue weighted by atomic mass is 10.00. The van der Waals surface area contributed by atoms with Gasteiger partial charge in [-0.25, -0.2) is 0 Å². The van der Waals surface area contributed by atoms with Crippen molar-refractivity contribution < 1.29 is 47.0 Å². The van der Waals surface area contributed by atoms with Gasteiger partial charge in [0, 0.05) is 26.2 Å². The first-order chi connectivity index (χ1) is 19.9. The highest BCUT2D eigenvalue weighted by atomic mass is 19.4. The average molecular weight is 617 g/mol. The maximum Gasteiger partial charge on any atom is 0.416 e. The van der Waals surface area contributed by atoms with Crippen LogP contribution in [0.3, 0.4) is 0 Å². The number of alkyl halides is 3. The van der Waals surface area contributed by atoms with Gasteiger partial charge in [0.15, 0.2) is 6.10 Å². The van der Waals surface area contributed by atoms with E-state index in [9.17, 15) is 47.0 Å². The minimum absolute atomic E-state index is 0.0819. The van der Waals surface area contributed by atoms with Crippen molar-refractivity contribution in [2.24, 2.45) is 17.4 Å². The summed E-state index contributed by atoms with van der Waals surface area (Å²) in [5.41, 5.74) is 10.8. The monoisotopic (exact) mass is 616 g/mol. The molecule has 0 heterocycles. The molecule has 0 aromatic heterocycles. The third-order valence-electron chi connectivity index (χ3n) is 6.28. The number of amides is 6. The topological polar surface area (TPSA) is 223 Å². The van der Waals surface area contributed by atoms with E-state index in [4.69, 9.17) is 11.5 Å². The van der Waals surface area contributed by atoms with Gasteiger partial charge < -0.3 is 37.8 Å². The number of aliphatic hydroxyl groups is 1. The van der Waals surface area contributed by atoms with E-state index in [1.165, 1.54) is 6.92 Å². The lowest BCUT2D eigenvalue weighted by Crippen LogP contribution is -2.59. The molecule has 0 bridgehead atoms. The van der Waals surface area contributed by atoms with Crippen LogP contribution < -0.4 is 32.7 Å². The second-order valence-electron chi connectivity index (χ2n) is 10.3. The van der Waals surface area contributed by atoms with Gasteiger partial charge in [-0.15, -0.1) is 0 Å². The minimum Gasteiger partial charge on any atom is -0.382 e. The summed E-state index contributed by atoms with van der Waals surface area (Å²) in [4.78, 5) is 73.9. The number of benzene rings is 1. The summed E-state index contributed by atoms with van der Waals surface area (Å²) >= 11 is 0. The van der Waals surface area contributed by atoms with E-state index >= 15 is 0 Å². The molecule has 13 nitrogen and oxygen atoms in total. The highest BCUT2D eigenvalue weighted by Crippen LogP contribution is 2.24. The molecule has 0 saturated carbocycles. The number of carbonyl (C=O) groups is 6. The fourth-order valence-corrected chi connectivity index (χ4v) is 4.02. The molecule has 0 spiro atoms. The quantitative estimate of drug-likeness (QED) is 0.119. The Morgan fingerprint density at radius 1 is 0.791 bits per heavy atom. The zero-order valence-corrected chi connectivity index (χ0v) is 24.1. The van der Waals surface area contributed by atoms with Crippen LogP contribution in [0.4, 0.5) is 13.2 Å². The summed E-state index contributed by atoms with van der Waals surface area (Å²) in [6, 6.07) is 2.41. The summed E-state index contributed by atoms with van der Waals surface area (Å²) < 4.78 is 39.8. The molecular weight excluding hydrogens is 577 g/mol. The first-order valence-electron chi connectivity index (χ1n) is 13.5. The number of halogens is 3. The molecule has 0 saturated heterocycles. The van der Waals surface area contributed by atoms with Gasteiger partial charge in [0.1, 0.15) is 18.1 Å². The Labute approximate surface area is 246 Å². The number of carbonyl (C=O) groups excluding carboxylic acids is 6. The molecule has 240 valence electrons. The van der Waals surface area contributed by atoms with E-state index in [-0.39, 0.29) is 12.3 Å². The molecule has 0 aliphatic carbocycles. The van der Waals surface area contributed by atoms with Gasteiger partial charge in [-0.05, 0) is 24.3 Å². The molecule has 43 heavy (non-hydrogen) atoms. The van der Waals surface area contributed by atoms with Crippen molar-refractivity contribution in [1.29, 1.82) is 0 Å². The predicted octanol–water partition coefficient (Wildman–Crippen LogP) is -0.702. The molecule has 1 rings (SSSR count). The van der Waals surface area contributed by atoms with E-state index in [0.717, 1.165) is 0 Å². The van der Waals surface area contributed by atoms with Crippen molar-refractivity contribution in [2.45, 2.75) is 89.3 Å². The number of rotatable bonds is 17. The Morgan fingerprint density at radius 2 is 1.30 bits per heavy atom. The number of primary amides is 2. The number of nitrogens with one attached hydrogen (secondary N) is 4. The van der Waals surface area contributed by atoms with Crippen molar-refractivity contribution in [2.75, 3.05) is 0 Å². The summed E-state index contributed by atoms with van der Waals surface area (Å²) in [7, 11) is 0. The van der Waals surface area contributed by atoms with Crippen molar-refractivity contribution in [3.63, 3.8) is 0 Å². The van der Waals surface area contributed by atoms with Crippen LogP contribution in [-0.4, -0.2) is 77.0 Å². The largest absolute Gasteiger partial charge is 0.416 e. The second kappa shape index (κ2) is 17.0. The van der Waals surface area contributed by atoms with Crippen LogP contribution >= 0.6 is 0 Å². The van der Waals surface area contributed by atoms with Crippen LogP contribution in [0.1, 0.15) is 52.0 Å². The van der Waals surface area contributed by atoms with Gasteiger partial charge in [0.25, 0.3) is 0 Å². The molecule has 1 aromatic rings. The second-order valence-corrected chi connectivity index (χ2v) is 10.3. The smallest absolute Gasteiger partial charge is 0.382 e. The SMILES string of the molecule is CC(=O)N[C@H](C(=O)N[C@@H](Cc1ccccc1)C(=O)N[C@@H](CCC(N)=O)C(=O)NC(CCC(N)=O)C(O)C(F)(F)F)C(C)C. The van der Waals surface area contributed by atoms with Crippen LogP contribution in [-0.2, 0) is 35.2 Å². The third-order valence-corrected chi connectivity index (χ3v) is 6.28. The minimum atomic E-state index is -5.17. The predicted molar refractivity (Wildman–Crippen MR) is 147 cm³/mol. The van der Waals surface area contributed by atoms with E-state index in [1.54, 1.807) is 44.2 Å². The maximum absolute atomic E-state index is 13.5. The maximum atomic E-state index is 13.5. The fraction of sp³-hybridized carbons (Fsp3) is 0.556. The standard InChI is InChI=1S/C27H39F3N6O7/c1-14(2)22(33-15(3)37)26(43)36-19(13-16-7-5-4-6-8-16)25(42)35-18(10-12-21(32)39)24(41)34-17(9-11-20(31)38)23(40)27(28,29)30/h4-8,14,17-19,22-23,40H,9-13H2,1-3H3,(H2,31,38)(H2,32,39)(H,33,37)(H,34,41)(H,35,42)(H,36,43)/t17?,18-,19-,22-,23?/m0/s1. The lowest BCUT2D eigenvalue weighted by Gasteiger charge is -2.29. The Morgan fingerprint density at radius 3 is 1.79 bits per heavy atom.